The van der Waals surface area contributed by atoms with Crippen molar-refractivity contribution >= 4 is 44.4 Å². The quantitative estimate of drug-likeness (QED) is 0.672. The molecule has 1 aromatic carbocycles. The van der Waals surface area contributed by atoms with E-state index < -0.39 is 0 Å². The number of hydrogen-bond donors (Lipinski definition) is 2. The number of rotatable bonds is 1. The van der Waals surface area contributed by atoms with Crippen LogP contribution in [0.25, 0.3) is 22.6 Å². The Bertz CT molecular complexity index is 738. The molecule has 6 heteroatoms. The van der Waals surface area contributed by atoms with E-state index in [4.69, 9.17) is 17.3 Å². The number of halogens is 2. The van der Waals surface area contributed by atoms with Crippen molar-refractivity contribution in [2.75, 3.05) is 5.73 Å². The van der Waals surface area contributed by atoms with Gasteiger partial charge in [0.1, 0.15) is 5.82 Å². The van der Waals surface area contributed by atoms with Crippen LogP contribution in [-0.4, -0.2) is 15.0 Å². The minimum Gasteiger partial charge on any atom is -0.399 e. The number of nitrogens with zero attached hydrogens (tertiary/aromatic N) is 2. The van der Waals surface area contributed by atoms with Crippen LogP contribution in [0.2, 0.25) is 5.02 Å². The number of fused-ring (bicyclic) bond motifs is 1. The van der Waals surface area contributed by atoms with E-state index in [2.05, 4.69) is 30.9 Å². The van der Waals surface area contributed by atoms with Gasteiger partial charge in [-0.3, -0.25) is 0 Å². The number of pyridine rings is 1. The molecule has 0 aliphatic rings. The Morgan fingerprint density at radius 2 is 2.11 bits per heavy atom. The van der Waals surface area contributed by atoms with Crippen LogP contribution in [0.3, 0.4) is 0 Å². The first-order valence-corrected chi connectivity index (χ1v) is 6.37. The van der Waals surface area contributed by atoms with Crippen molar-refractivity contribution < 1.29 is 0 Å². The minimum absolute atomic E-state index is 0.563. The summed E-state index contributed by atoms with van der Waals surface area (Å²) in [6.45, 7) is 0. The van der Waals surface area contributed by atoms with E-state index in [1.807, 2.05) is 12.1 Å². The summed E-state index contributed by atoms with van der Waals surface area (Å²) in [4.78, 5) is 11.8. The molecule has 0 unspecified atom stereocenters. The van der Waals surface area contributed by atoms with E-state index in [9.17, 15) is 0 Å². The van der Waals surface area contributed by atoms with Gasteiger partial charge in [-0.05, 0) is 40.2 Å². The summed E-state index contributed by atoms with van der Waals surface area (Å²) in [6, 6.07) is 7.25. The largest absolute Gasteiger partial charge is 0.399 e. The number of aromatic nitrogens is 3. The van der Waals surface area contributed by atoms with Crippen molar-refractivity contribution in [2.45, 2.75) is 0 Å². The summed E-state index contributed by atoms with van der Waals surface area (Å²) in [5.41, 5.74) is 8.61. The van der Waals surface area contributed by atoms with Gasteiger partial charge in [0, 0.05) is 21.9 Å². The highest BCUT2D eigenvalue weighted by Crippen LogP contribution is 2.29. The van der Waals surface area contributed by atoms with E-state index in [0.717, 1.165) is 15.6 Å². The van der Waals surface area contributed by atoms with E-state index in [1.54, 1.807) is 18.3 Å². The second-order valence-corrected chi connectivity index (χ2v) is 5.17. The van der Waals surface area contributed by atoms with Gasteiger partial charge in [-0.2, -0.15) is 0 Å². The second kappa shape index (κ2) is 4.26. The van der Waals surface area contributed by atoms with Gasteiger partial charge in [0.2, 0.25) is 0 Å². The van der Waals surface area contributed by atoms with Gasteiger partial charge >= 0.3 is 0 Å². The highest BCUT2D eigenvalue weighted by molar-refractivity contribution is 9.10. The topological polar surface area (TPSA) is 67.6 Å². The Balaban J connectivity index is 2.19. The van der Waals surface area contributed by atoms with E-state index in [1.165, 1.54) is 0 Å². The first-order chi connectivity index (χ1) is 8.63. The molecule has 0 saturated heterocycles. The Morgan fingerprint density at radius 1 is 1.28 bits per heavy atom. The number of anilines is 1. The lowest BCUT2D eigenvalue weighted by molar-refractivity contribution is 1.30. The molecule has 3 N–H and O–H groups in total. The van der Waals surface area contributed by atoms with Crippen LogP contribution in [0.1, 0.15) is 0 Å². The molecule has 3 aromatic rings. The predicted octanol–water partition coefficient (Wildman–Crippen LogP) is 3.62. The molecule has 0 radical (unpaired) electrons. The number of nitrogens with one attached hydrogen (secondary N) is 1. The molecule has 0 aliphatic carbocycles. The fraction of sp³-hybridized carbons (Fsp3) is 0. The molecule has 18 heavy (non-hydrogen) atoms. The van der Waals surface area contributed by atoms with E-state index in [-0.39, 0.29) is 0 Å². The van der Waals surface area contributed by atoms with Gasteiger partial charge in [0.15, 0.2) is 5.65 Å². The first kappa shape index (κ1) is 11.5. The smallest absolute Gasteiger partial charge is 0.178 e. The lowest BCUT2D eigenvalue weighted by atomic mass is 10.2. The highest BCUT2D eigenvalue weighted by Gasteiger charge is 2.10. The lowest BCUT2D eigenvalue weighted by Crippen LogP contribution is -1.87. The molecule has 4 nitrogen and oxygen atoms in total. The molecule has 0 atom stereocenters. The van der Waals surface area contributed by atoms with Crippen LogP contribution in [0, 0.1) is 0 Å². The molecule has 0 fully saturated rings. The molecule has 0 bridgehead atoms. The maximum absolute atomic E-state index is 6.15. The SMILES string of the molecule is Nc1ccc(-c2nc3ncc(Br)cc3[nH]2)c(Cl)c1. The number of benzene rings is 1. The van der Waals surface area contributed by atoms with Crippen LogP contribution in [-0.2, 0) is 0 Å². The van der Waals surface area contributed by atoms with E-state index >= 15 is 0 Å². The summed E-state index contributed by atoms with van der Waals surface area (Å²) in [5.74, 6) is 0.681. The lowest BCUT2D eigenvalue weighted by Gasteiger charge is -2.01. The first-order valence-electron chi connectivity index (χ1n) is 5.20. The molecule has 0 spiro atoms. The van der Waals surface area contributed by atoms with Gasteiger partial charge in [0.05, 0.1) is 10.5 Å². The van der Waals surface area contributed by atoms with Gasteiger partial charge in [0.25, 0.3) is 0 Å². The number of imidazole rings is 1. The molecular formula is C12H8BrClN4. The summed E-state index contributed by atoms with van der Waals surface area (Å²) < 4.78 is 0.897. The van der Waals surface area contributed by atoms with Crippen LogP contribution >= 0.6 is 27.5 Å². The molecule has 90 valence electrons. The van der Waals surface area contributed by atoms with Gasteiger partial charge < -0.3 is 10.7 Å². The third kappa shape index (κ3) is 1.95. The number of nitrogen functional groups attached to an aromatic ring is 1. The van der Waals surface area contributed by atoms with Crippen molar-refractivity contribution in [3.05, 3.63) is 40.0 Å². The highest BCUT2D eigenvalue weighted by atomic mass is 79.9. The van der Waals surface area contributed by atoms with Crippen LogP contribution < -0.4 is 5.73 Å². The molecule has 3 rings (SSSR count). The summed E-state index contributed by atoms with van der Waals surface area (Å²) >= 11 is 9.52. The normalized spacial score (nSPS) is 11.0. The Morgan fingerprint density at radius 3 is 2.89 bits per heavy atom. The fourth-order valence-electron chi connectivity index (χ4n) is 1.73. The standard InChI is InChI=1S/C12H8BrClN4/c13-6-3-10-12(16-5-6)18-11(17-10)8-2-1-7(15)4-9(8)14/h1-5H,15H2,(H,16,17,18). The zero-order valence-corrected chi connectivity index (χ0v) is 11.5. The zero-order chi connectivity index (χ0) is 12.7. The molecule has 0 amide bonds. The fourth-order valence-corrected chi connectivity index (χ4v) is 2.34. The van der Waals surface area contributed by atoms with Crippen molar-refractivity contribution in [1.82, 2.24) is 15.0 Å². The maximum Gasteiger partial charge on any atom is 0.178 e. The number of aromatic amines is 1. The molecular weight excluding hydrogens is 316 g/mol. The molecule has 0 aliphatic heterocycles. The van der Waals surface area contributed by atoms with Gasteiger partial charge in [-0.25, -0.2) is 9.97 Å². The number of hydrogen-bond acceptors (Lipinski definition) is 3. The van der Waals surface area contributed by atoms with Crippen LogP contribution in [0.4, 0.5) is 5.69 Å². The summed E-state index contributed by atoms with van der Waals surface area (Å²) in [6.07, 6.45) is 1.71. The predicted molar refractivity (Wildman–Crippen MR) is 76.4 cm³/mol. The number of nitrogens with two attached hydrogens (primary N) is 1. The third-order valence-corrected chi connectivity index (χ3v) is 3.30. The second-order valence-electron chi connectivity index (χ2n) is 3.85. The van der Waals surface area contributed by atoms with Crippen LogP contribution in [0.15, 0.2) is 34.9 Å². The monoisotopic (exact) mass is 322 g/mol. The maximum atomic E-state index is 6.15. The minimum atomic E-state index is 0.563. The third-order valence-electron chi connectivity index (χ3n) is 2.55. The Labute approximate surface area is 116 Å². The zero-order valence-electron chi connectivity index (χ0n) is 9.11. The molecule has 2 aromatic heterocycles. The summed E-state index contributed by atoms with van der Waals surface area (Å²) in [7, 11) is 0. The average Bonchev–Trinajstić information content (AvgIpc) is 2.71. The van der Waals surface area contributed by atoms with Crippen LogP contribution in [0.5, 0.6) is 0 Å². The molecule has 2 heterocycles. The van der Waals surface area contributed by atoms with Crippen molar-refractivity contribution in [1.29, 1.82) is 0 Å². The Hall–Kier alpha value is -1.59. The Kier molecular flexibility index (Phi) is 2.72. The van der Waals surface area contributed by atoms with Crippen molar-refractivity contribution in [3.63, 3.8) is 0 Å². The number of H-pyrrole nitrogens is 1. The van der Waals surface area contributed by atoms with Crippen molar-refractivity contribution in [2.24, 2.45) is 0 Å². The van der Waals surface area contributed by atoms with Gasteiger partial charge in [-0.15, -0.1) is 0 Å². The summed E-state index contributed by atoms with van der Waals surface area (Å²) in [5, 5.41) is 0.563. The van der Waals surface area contributed by atoms with Gasteiger partial charge in [-0.1, -0.05) is 11.6 Å². The average molecular weight is 324 g/mol. The van der Waals surface area contributed by atoms with Crippen molar-refractivity contribution in [3.8, 4) is 11.4 Å². The molecule has 0 saturated carbocycles. The van der Waals surface area contributed by atoms with E-state index in [0.29, 0.717) is 22.2 Å².